The Balaban J connectivity index is 2.90. The average molecular weight is 234 g/mol. The Morgan fingerprint density at radius 3 is 2.67 bits per heavy atom. The summed E-state index contributed by atoms with van der Waals surface area (Å²) in [4.78, 5) is 0. The number of benzene rings is 1. The summed E-state index contributed by atoms with van der Waals surface area (Å²) in [5.74, 6) is -0.499. The van der Waals surface area contributed by atoms with Crippen molar-refractivity contribution < 1.29 is 14.6 Å². The summed E-state index contributed by atoms with van der Waals surface area (Å²) in [7, 11) is 0. The van der Waals surface area contributed by atoms with Gasteiger partial charge in [-0.25, -0.2) is 4.39 Å². The van der Waals surface area contributed by atoms with Gasteiger partial charge in [0, 0.05) is 11.4 Å². The first-order valence-corrected chi connectivity index (χ1v) is 5.07. The van der Waals surface area contributed by atoms with Crippen LogP contribution in [0.3, 0.4) is 0 Å². The Morgan fingerprint density at radius 1 is 1.40 bits per heavy atom. The number of anilines is 1. The highest BCUT2D eigenvalue weighted by molar-refractivity contribution is 6.17. The number of nitrogens with two attached hydrogens (primary N) is 1. The van der Waals surface area contributed by atoms with Crippen LogP contribution in [0.4, 0.5) is 10.1 Å². The molecule has 0 aliphatic heterocycles. The third-order valence-corrected chi connectivity index (χ3v) is 2.36. The molecule has 0 radical (unpaired) electrons. The second-order valence-corrected chi connectivity index (χ2v) is 3.62. The molecule has 1 aromatic rings. The lowest BCUT2D eigenvalue weighted by atomic mass is 10.0. The second-order valence-electron chi connectivity index (χ2n) is 3.24. The molecule has 84 valence electrons. The summed E-state index contributed by atoms with van der Waals surface area (Å²) >= 11 is 5.41. The Morgan fingerprint density at radius 2 is 2.07 bits per heavy atom. The zero-order chi connectivity index (χ0) is 11.4. The summed E-state index contributed by atoms with van der Waals surface area (Å²) < 4.78 is 13.4. The largest absolute Gasteiger partial charge is 0.396 e. The minimum absolute atomic E-state index is 0.00684. The molecule has 4 N–H and O–H groups in total. The smallest absolute Gasteiger partial charge is 0.151 e. The highest BCUT2D eigenvalue weighted by Crippen LogP contribution is 2.25. The number of aliphatic hydroxyl groups is 2. The number of aliphatic hydroxyl groups excluding tert-OH is 2. The van der Waals surface area contributed by atoms with Crippen molar-refractivity contribution in [2.75, 3.05) is 11.6 Å². The van der Waals surface area contributed by atoms with Gasteiger partial charge in [-0.15, -0.1) is 11.6 Å². The minimum atomic E-state index is -1.30. The molecule has 0 amide bonds. The fourth-order valence-corrected chi connectivity index (χ4v) is 1.50. The molecular formula is C10H13ClFNO2. The van der Waals surface area contributed by atoms with Gasteiger partial charge in [0.25, 0.3) is 0 Å². The molecule has 0 aromatic heterocycles. The van der Waals surface area contributed by atoms with Gasteiger partial charge in [-0.05, 0) is 12.5 Å². The molecule has 1 rings (SSSR count). The third-order valence-electron chi connectivity index (χ3n) is 2.15. The molecule has 0 spiro atoms. The molecule has 0 saturated heterocycles. The van der Waals surface area contributed by atoms with Crippen LogP contribution >= 0.6 is 11.6 Å². The van der Waals surface area contributed by atoms with Crippen LogP contribution in [0.2, 0.25) is 0 Å². The fourth-order valence-electron chi connectivity index (χ4n) is 1.27. The van der Waals surface area contributed by atoms with E-state index >= 15 is 0 Å². The van der Waals surface area contributed by atoms with E-state index < -0.39 is 18.0 Å². The lowest BCUT2D eigenvalue weighted by Gasteiger charge is -2.18. The lowest BCUT2D eigenvalue weighted by molar-refractivity contribution is 0.0150. The maximum Gasteiger partial charge on any atom is 0.151 e. The Hall–Kier alpha value is -0.840. The zero-order valence-corrected chi connectivity index (χ0v) is 8.78. The number of alkyl halides is 1. The molecule has 1 aromatic carbocycles. The van der Waals surface area contributed by atoms with Gasteiger partial charge in [0.2, 0.25) is 0 Å². The van der Waals surface area contributed by atoms with Crippen LogP contribution in [0.25, 0.3) is 0 Å². The molecule has 0 fully saturated rings. The maximum absolute atomic E-state index is 13.4. The van der Waals surface area contributed by atoms with Crippen molar-refractivity contribution in [1.29, 1.82) is 0 Å². The number of nitrogen functional groups attached to an aromatic ring is 1. The predicted octanol–water partition coefficient (Wildman–Crippen LogP) is 1.43. The van der Waals surface area contributed by atoms with E-state index in [9.17, 15) is 14.6 Å². The molecule has 0 aliphatic rings. The van der Waals surface area contributed by atoms with E-state index in [2.05, 4.69) is 0 Å². The van der Waals surface area contributed by atoms with Gasteiger partial charge in [-0.2, -0.15) is 0 Å². The third kappa shape index (κ3) is 2.81. The highest BCUT2D eigenvalue weighted by atomic mass is 35.5. The molecule has 0 bridgehead atoms. The van der Waals surface area contributed by atoms with Crippen molar-refractivity contribution >= 4 is 17.3 Å². The molecule has 5 heteroatoms. The summed E-state index contributed by atoms with van der Waals surface area (Å²) in [6.07, 6.45) is -2.19. The first-order valence-electron chi connectivity index (χ1n) is 4.54. The SMILES string of the molecule is Nc1cccc(C(O)C(O)CCCl)c1F. The lowest BCUT2D eigenvalue weighted by Crippen LogP contribution is -2.20. The number of rotatable bonds is 4. The van der Waals surface area contributed by atoms with Crippen LogP contribution in [0.15, 0.2) is 18.2 Å². The van der Waals surface area contributed by atoms with Crippen molar-refractivity contribution in [3.63, 3.8) is 0 Å². The molecule has 0 saturated carbocycles. The molecule has 3 nitrogen and oxygen atoms in total. The Kier molecular flexibility index (Phi) is 4.32. The van der Waals surface area contributed by atoms with Crippen LogP contribution in [0.1, 0.15) is 18.1 Å². The van der Waals surface area contributed by atoms with Crippen LogP contribution in [-0.4, -0.2) is 22.2 Å². The van der Waals surface area contributed by atoms with Crippen molar-refractivity contribution in [1.82, 2.24) is 0 Å². The van der Waals surface area contributed by atoms with Crippen molar-refractivity contribution in [3.8, 4) is 0 Å². The molecule has 0 aliphatic carbocycles. The molecule has 15 heavy (non-hydrogen) atoms. The van der Waals surface area contributed by atoms with Gasteiger partial charge >= 0.3 is 0 Å². The summed E-state index contributed by atoms with van der Waals surface area (Å²) in [5.41, 5.74) is 5.28. The van der Waals surface area contributed by atoms with Gasteiger partial charge in [0.05, 0.1) is 11.8 Å². The van der Waals surface area contributed by atoms with E-state index in [0.717, 1.165) is 0 Å². The van der Waals surface area contributed by atoms with Crippen LogP contribution < -0.4 is 5.73 Å². The molecule has 2 unspecified atom stereocenters. The highest BCUT2D eigenvalue weighted by Gasteiger charge is 2.21. The van der Waals surface area contributed by atoms with Crippen LogP contribution in [0, 0.1) is 5.82 Å². The average Bonchev–Trinajstić information content (AvgIpc) is 2.21. The Bertz CT molecular complexity index is 335. The van der Waals surface area contributed by atoms with Gasteiger partial charge in [-0.3, -0.25) is 0 Å². The predicted molar refractivity (Wildman–Crippen MR) is 57.1 cm³/mol. The molecular weight excluding hydrogens is 221 g/mol. The van der Waals surface area contributed by atoms with E-state index in [1.165, 1.54) is 18.2 Å². The van der Waals surface area contributed by atoms with Gasteiger partial charge in [0.15, 0.2) is 5.82 Å². The van der Waals surface area contributed by atoms with Crippen molar-refractivity contribution in [2.24, 2.45) is 0 Å². The number of halogens is 2. The van der Waals surface area contributed by atoms with E-state index in [1.807, 2.05) is 0 Å². The van der Waals surface area contributed by atoms with Crippen molar-refractivity contribution in [3.05, 3.63) is 29.6 Å². The number of hydrogen-bond donors (Lipinski definition) is 3. The van der Waals surface area contributed by atoms with Gasteiger partial charge in [-0.1, -0.05) is 12.1 Å². The summed E-state index contributed by atoms with van der Waals surface area (Å²) in [6.45, 7) is 0. The fraction of sp³-hybridized carbons (Fsp3) is 0.400. The quantitative estimate of drug-likeness (QED) is 0.545. The van der Waals surface area contributed by atoms with E-state index in [0.29, 0.717) is 0 Å². The first-order chi connectivity index (χ1) is 7.07. The molecule has 0 heterocycles. The summed E-state index contributed by atoms with van der Waals surface area (Å²) in [5, 5.41) is 19.1. The minimum Gasteiger partial charge on any atom is -0.396 e. The normalized spacial score (nSPS) is 14.9. The second kappa shape index (κ2) is 5.30. The van der Waals surface area contributed by atoms with E-state index in [1.54, 1.807) is 0 Å². The first kappa shape index (κ1) is 12.2. The van der Waals surface area contributed by atoms with Crippen molar-refractivity contribution in [2.45, 2.75) is 18.6 Å². The zero-order valence-electron chi connectivity index (χ0n) is 8.03. The van der Waals surface area contributed by atoms with E-state index in [4.69, 9.17) is 17.3 Å². The van der Waals surface area contributed by atoms with Gasteiger partial charge in [0.1, 0.15) is 6.10 Å². The topological polar surface area (TPSA) is 66.5 Å². The Labute approximate surface area is 92.3 Å². The standard InChI is InChI=1S/C10H13ClFNO2/c11-5-4-8(14)10(15)6-2-1-3-7(13)9(6)12/h1-3,8,10,14-15H,4-5,13H2. The van der Waals surface area contributed by atoms with Gasteiger partial charge < -0.3 is 15.9 Å². The van der Waals surface area contributed by atoms with Crippen LogP contribution in [-0.2, 0) is 0 Å². The maximum atomic E-state index is 13.4. The molecule has 2 atom stereocenters. The number of hydrogen-bond acceptors (Lipinski definition) is 3. The monoisotopic (exact) mass is 233 g/mol. The van der Waals surface area contributed by atoms with E-state index in [-0.39, 0.29) is 23.6 Å². The summed E-state index contributed by atoms with van der Waals surface area (Å²) in [6, 6.07) is 4.29. The van der Waals surface area contributed by atoms with Crippen LogP contribution in [0.5, 0.6) is 0 Å².